The number of nitrogens with two attached hydrogens (primary N) is 1. The molecule has 0 saturated heterocycles. The lowest BCUT2D eigenvalue weighted by atomic mass is 10.0. The number of benzene rings is 1. The SMILES string of the molecule is NC(=O)Cc1nc2c(=O)c3cc(C(=O)O)[nH]c3c3c(C(=O)O)cc(C(=O)O)n1c23. The van der Waals surface area contributed by atoms with Crippen molar-refractivity contribution in [2.24, 2.45) is 5.73 Å². The summed E-state index contributed by atoms with van der Waals surface area (Å²) in [6, 6.07) is 1.89. The molecule has 0 aliphatic carbocycles. The molecule has 3 aromatic heterocycles. The van der Waals surface area contributed by atoms with E-state index >= 15 is 0 Å². The Labute approximate surface area is 158 Å². The Morgan fingerprint density at radius 2 is 1.76 bits per heavy atom. The molecule has 0 aliphatic heterocycles. The van der Waals surface area contributed by atoms with Crippen molar-refractivity contribution < 1.29 is 34.5 Å². The summed E-state index contributed by atoms with van der Waals surface area (Å²) < 4.78 is 0.978. The van der Waals surface area contributed by atoms with Crippen molar-refractivity contribution in [3.8, 4) is 0 Å². The maximum atomic E-state index is 12.9. The van der Waals surface area contributed by atoms with E-state index < -0.39 is 46.9 Å². The van der Waals surface area contributed by atoms with Crippen LogP contribution in [0.3, 0.4) is 0 Å². The lowest BCUT2D eigenvalue weighted by Crippen LogP contribution is -2.18. The Bertz CT molecular complexity index is 1460. The van der Waals surface area contributed by atoms with Gasteiger partial charge in [-0.25, -0.2) is 19.4 Å². The van der Waals surface area contributed by atoms with E-state index in [1.54, 1.807) is 0 Å². The summed E-state index contributed by atoms with van der Waals surface area (Å²) in [6.45, 7) is 0. The van der Waals surface area contributed by atoms with E-state index in [0.717, 1.165) is 16.5 Å². The van der Waals surface area contributed by atoms with E-state index in [-0.39, 0.29) is 38.8 Å². The Kier molecular flexibility index (Phi) is 3.56. The van der Waals surface area contributed by atoms with Gasteiger partial charge in [0.15, 0.2) is 0 Å². The highest BCUT2D eigenvalue weighted by molar-refractivity contribution is 6.20. The Hall–Kier alpha value is -4.48. The molecule has 12 nitrogen and oxygen atoms in total. The fraction of sp³-hybridized carbons (Fsp3) is 0.0588. The van der Waals surface area contributed by atoms with Crippen LogP contribution in [0.25, 0.3) is 27.3 Å². The third-order valence-electron chi connectivity index (χ3n) is 4.51. The number of carboxylic acid groups (broad SMARTS) is 3. The average Bonchev–Trinajstić information content (AvgIpc) is 3.22. The lowest BCUT2D eigenvalue weighted by molar-refractivity contribution is -0.117. The number of nitrogens with one attached hydrogen (secondary N) is 1. The molecule has 12 heteroatoms. The van der Waals surface area contributed by atoms with E-state index in [4.69, 9.17) is 5.73 Å². The highest BCUT2D eigenvalue weighted by Crippen LogP contribution is 2.32. The van der Waals surface area contributed by atoms with Crippen LogP contribution in [-0.2, 0) is 11.2 Å². The number of amides is 1. The highest BCUT2D eigenvalue weighted by Gasteiger charge is 2.28. The van der Waals surface area contributed by atoms with E-state index in [1.807, 2.05) is 0 Å². The molecule has 4 rings (SSSR count). The van der Waals surface area contributed by atoms with Gasteiger partial charge in [0.1, 0.15) is 22.7 Å². The van der Waals surface area contributed by atoms with Crippen LogP contribution in [0.5, 0.6) is 0 Å². The van der Waals surface area contributed by atoms with Crippen molar-refractivity contribution in [1.82, 2.24) is 14.4 Å². The molecule has 0 unspecified atom stereocenters. The van der Waals surface area contributed by atoms with Crippen molar-refractivity contribution >= 4 is 51.1 Å². The number of carbonyl (C=O) groups excluding carboxylic acids is 1. The predicted octanol–water partition coefficient (Wildman–Crippen LogP) is -0.111. The van der Waals surface area contributed by atoms with Crippen LogP contribution < -0.4 is 11.2 Å². The van der Waals surface area contributed by atoms with E-state index in [9.17, 15) is 39.3 Å². The molecule has 4 aromatic rings. The number of primary amides is 1. The average molecular weight is 398 g/mol. The first-order valence-electron chi connectivity index (χ1n) is 7.96. The largest absolute Gasteiger partial charge is 0.478 e. The zero-order valence-electron chi connectivity index (χ0n) is 14.2. The van der Waals surface area contributed by atoms with Gasteiger partial charge < -0.3 is 26.0 Å². The van der Waals surface area contributed by atoms with Gasteiger partial charge in [0.05, 0.1) is 28.4 Å². The smallest absolute Gasteiger partial charge is 0.352 e. The number of aromatic nitrogens is 3. The monoisotopic (exact) mass is 398 g/mol. The summed E-state index contributed by atoms with van der Waals surface area (Å²) in [5.41, 5.74) is 2.51. The van der Waals surface area contributed by atoms with E-state index in [0.29, 0.717) is 0 Å². The van der Waals surface area contributed by atoms with Gasteiger partial charge in [-0.05, 0) is 12.1 Å². The number of carboxylic acids is 3. The molecule has 0 spiro atoms. The molecule has 0 aliphatic rings. The van der Waals surface area contributed by atoms with Crippen molar-refractivity contribution in [1.29, 1.82) is 0 Å². The number of aromatic amines is 1. The number of aromatic carboxylic acids is 3. The fourth-order valence-corrected chi connectivity index (χ4v) is 3.44. The normalized spacial score (nSPS) is 11.4. The molecule has 29 heavy (non-hydrogen) atoms. The zero-order valence-corrected chi connectivity index (χ0v) is 14.2. The summed E-state index contributed by atoms with van der Waals surface area (Å²) in [6.07, 6.45) is -0.505. The van der Waals surface area contributed by atoms with Crippen LogP contribution in [0.15, 0.2) is 16.9 Å². The van der Waals surface area contributed by atoms with Crippen molar-refractivity contribution in [3.63, 3.8) is 0 Å². The molecule has 1 aromatic carbocycles. The molecule has 0 bridgehead atoms. The molecular weight excluding hydrogens is 388 g/mol. The standard InChI is InChI=1S/C17H10N4O8/c18-8(22)3-9-20-12-13-10(4(15(24)25)2-7(17(28)29)21(9)13)11-5(14(12)23)1-6(19-11)16(26)27/h1-2,19H,3H2,(H2,18,22)(H,24,25)(H,26,27)(H,28,29). The van der Waals surface area contributed by atoms with Crippen molar-refractivity contribution in [2.45, 2.75) is 6.42 Å². The highest BCUT2D eigenvalue weighted by atomic mass is 16.4. The number of H-pyrrole nitrogens is 1. The van der Waals surface area contributed by atoms with E-state index in [1.165, 1.54) is 0 Å². The number of hydrogen-bond acceptors (Lipinski definition) is 6. The van der Waals surface area contributed by atoms with Crippen molar-refractivity contribution in [2.75, 3.05) is 0 Å². The molecule has 6 N–H and O–H groups in total. The number of rotatable bonds is 5. The summed E-state index contributed by atoms with van der Waals surface area (Å²) in [5.74, 6) is -5.40. The summed E-state index contributed by atoms with van der Waals surface area (Å²) in [5, 5.41) is 28.1. The van der Waals surface area contributed by atoms with Crippen LogP contribution >= 0.6 is 0 Å². The van der Waals surface area contributed by atoms with Crippen LogP contribution in [0, 0.1) is 0 Å². The first-order chi connectivity index (χ1) is 13.6. The van der Waals surface area contributed by atoms with Crippen LogP contribution in [0.4, 0.5) is 0 Å². The molecule has 0 atom stereocenters. The van der Waals surface area contributed by atoms with Gasteiger partial charge in [0, 0.05) is 5.39 Å². The fourth-order valence-electron chi connectivity index (χ4n) is 3.44. The summed E-state index contributed by atoms with van der Waals surface area (Å²) >= 11 is 0. The van der Waals surface area contributed by atoms with Gasteiger partial charge in [0.25, 0.3) is 0 Å². The lowest BCUT2D eigenvalue weighted by Gasteiger charge is -2.10. The quantitative estimate of drug-likeness (QED) is 0.303. The maximum absolute atomic E-state index is 12.9. The maximum Gasteiger partial charge on any atom is 0.352 e. The second kappa shape index (κ2) is 5.76. The molecule has 146 valence electrons. The third-order valence-corrected chi connectivity index (χ3v) is 4.51. The van der Waals surface area contributed by atoms with Gasteiger partial charge in [0.2, 0.25) is 11.3 Å². The topological polar surface area (TPSA) is 205 Å². The molecule has 3 heterocycles. The Morgan fingerprint density at radius 1 is 1.07 bits per heavy atom. The number of hydrogen-bond donors (Lipinski definition) is 5. The molecule has 0 fully saturated rings. The van der Waals surface area contributed by atoms with Gasteiger partial charge in [-0.3, -0.25) is 14.0 Å². The number of imidazole rings is 1. The van der Waals surface area contributed by atoms with Crippen LogP contribution in [0.1, 0.15) is 37.2 Å². The van der Waals surface area contributed by atoms with Gasteiger partial charge in [-0.2, -0.15) is 0 Å². The summed E-state index contributed by atoms with van der Waals surface area (Å²) in [7, 11) is 0. The van der Waals surface area contributed by atoms with Crippen LogP contribution in [-0.4, -0.2) is 53.5 Å². The van der Waals surface area contributed by atoms with Crippen molar-refractivity contribution in [3.05, 3.63) is 45.1 Å². The first-order valence-corrected chi connectivity index (χ1v) is 7.96. The van der Waals surface area contributed by atoms with Gasteiger partial charge in [-0.15, -0.1) is 0 Å². The van der Waals surface area contributed by atoms with Gasteiger partial charge in [-0.1, -0.05) is 0 Å². The molecule has 0 radical (unpaired) electrons. The second-order valence-corrected chi connectivity index (χ2v) is 6.24. The number of nitrogens with zero attached hydrogens (tertiary/aromatic N) is 2. The zero-order chi connectivity index (χ0) is 21.2. The minimum absolute atomic E-state index is 0.0928. The summed E-state index contributed by atoms with van der Waals surface area (Å²) in [4.78, 5) is 65.7. The molecular formula is C17H10N4O8. The number of pyridine rings is 1. The predicted molar refractivity (Wildman–Crippen MR) is 95.8 cm³/mol. The minimum Gasteiger partial charge on any atom is -0.478 e. The Morgan fingerprint density at radius 3 is 2.31 bits per heavy atom. The first kappa shape index (κ1) is 17.9. The minimum atomic E-state index is -1.52. The second-order valence-electron chi connectivity index (χ2n) is 6.24. The molecule has 1 amide bonds. The van der Waals surface area contributed by atoms with E-state index in [2.05, 4.69) is 9.97 Å². The number of carbonyl (C=O) groups is 4. The number of fused-ring (bicyclic) bond motifs is 2. The van der Waals surface area contributed by atoms with Gasteiger partial charge >= 0.3 is 17.9 Å². The molecule has 0 saturated carbocycles. The van der Waals surface area contributed by atoms with Crippen LogP contribution in [0.2, 0.25) is 0 Å². The third kappa shape index (κ3) is 2.39. The Balaban J connectivity index is 2.36.